The van der Waals surface area contributed by atoms with E-state index in [1.54, 1.807) is 12.1 Å². The van der Waals surface area contributed by atoms with Crippen LogP contribution in [0.5, 0.6) is 0 Å². The van der Waals surface area contributed by atoms with Crippen LogP contribution in [0.4, 0.5) is 22.7 Å². The van der Waals surface area contributed by atoms with E-state index in [0.717, 1.165) is 0 Å². The quantitative estimate of drug-likeness (QED) is 0.453. The second kappa shape index (κ2) is 7.41. The molecule has 0 unspecified atom stereocenters. The van der Waals surface area contributed by atoms with E-state index in [1.165, 1.54) is 60.7 Å². The lowest BCUT2D eigenvalue weighted by Gasteiger charge is -2.12. The maximum Gasteiger partial charge on any atom is 0.261 e. The Balaban J connectivity index is 1.85. The summed E-state index contributed by atoms with van der Waals surface area (Å²) in [6.45, 7) is 0. The molecule has 0 heterocycles. The highest BCUT2D eigenvalue weighted by Gasteiger charge is 2.17. The summed E-state index contributed by atoms with van der Waals surface area (Å²) in [6.07, 6.45) is 0. The molecule has 3 rings (SSSR count). The second-order valence-electron chi connectivity index (χ2n) is 5.94. The summed E-state index contributed by atoms with van der Waals surface area (Å²) in [5.74, 6) is 0. The number of sulfonamides is 2. The lowest BCUT2D eigenvalue weighted by atomic mass is 10.3. The van der Waals surface area contributed by atoms with Gasteiger partial charge in [0.15, 0.2) is 0 Å². The Bertz CT molecular complexity index is 1130. The average molecular weight is 419 g/mol. The van der Waals surface area contributed by atoms with Crippen molar-refractivity contribution < 1.29 is 16.8 Å². The number of hydrogen-bond donors (Lipinski definition) is 4. The van der Waals surface area contributed by atoms with E-state index in [0.29, 0.717) is 11.4 Å². The van der Waals surface area contributed by atoms with Crippen LogP contribution in [0.2, 0.25) is 0 Å². The minimum absolute atomic E-state index is 0.00163. The Labute approximate surface area is 163 Å². The molecule has 0 aliphatic carbocycles. The van der Waals surface area contributed by atoms with Crippen molar-refractivity contribution in [2.45, 2.75) is 9.79 Å². The van der Waals surface area contributed by atoms with Crippen LogP contribution in [-0.4, -0.2) is 16.8 Å². The highest BCUT2D eigenvalue weighted by molar-refractivity contribution is 7.93. The van der Waals surface area contributed by atoms with Gasteiger partial charge in [-0.25, -0.2) is 16.8 Å². The highest BCUT2D eigenvalue weighted by atomic mass is 32.2. The topological polar surface area (TPSA) is 144 Å². The van der Waals surface area contributed by atoms with Gasteiger partial charge in [-0.2, -0.15) is 0 Å². The molecule has 0 saturated heterocycles. The predicted octanol–water partition coefficient (Wildman–Crippen LogP) is 2.45. The average Bonchev–Trinajstić information content (AvgIpc) is 2.61. The summed E-state index contributed by atoms with van der Waals surface area (Å²) in [4.78, 5) is -0.00325. The van der Waals surface area contributed by atoms with Gasteiger partial charge in [-0.1, -0.05) is 18.2 Å². The van der Waals surface area contributed by atoms with Gasteiger partial charge in [-0.15, -0.1) is 0 Å². The van der Waals surface area contributed by atoms with Gasteiger partial charge in [0.25, 0.3) is 20.0 Å². The molecule has 0 aliphatic rings. The minimum Gasteiger partial charge on any atom is -0.399 e. The lowest BCUT2D eigenvalue weighted by Crippen LogP contribution is -2.15. The molecule has 8 nitrogen and oxygen atoms in total. The smallest absolute Gasteiger partial charge is 0.261 e. The van der Waals surface area contributed by atoms with Gasteiger partial charge in [0.05, 0.1) is 21.2 Å². The number of hydrogen-bond acceptors (Lipinski definition) is 6. The lowest BCUT2D eigenvalue weighted by molar-refractivity contribution is 0.599. The van der Waals surface area contributed by atoms with Gasteiger partial charge in [0.1, 0.15) is 0 Å². The predicted molar refractivity (Wildman–Crippen MR) is 110 cm³/mol. The molecule has 0 fully saturated rings. The first kappa shape index (κ1) is 19.5. The van der Waals surface area contributed by atoms with Crippen LogP contribution in [0, 0.1) is 0 Å². The van der Waals surface area contributed by atoms with Crippen molar-refractivity contribution in [2.75, 3.05) is 20.9 Å². The van der Waals surface area contributed by atoms with Crippen LogP contribution in [0.15, 0.2) is 82.6 Å². The zero-order valence-corrected chi connectivity index (χ0v) is 16.2. The summed E-state index contributed by atoms with van der Waals surface area (Å²) >= 11 is 0. The minimum atomic E-state index is -3.88. The van der Waals surface area contributed by atoms with Gasteiger partial charge >= 0.3 is 0 Å². The number of nitrogen functional groups attached to an aromatic ring is 2. The van der Waals surface area contributed by atoms with Crippen LogP contribution in [0.1, 0.15) is 0 Å². The van der Waals surface area contributed by atoms with Crippen LogP contribution in [-0.2, 0) is 20.0 Å². The highest BCUT2D eigenvalue weighted by Crippen LogP contribution is 2.23. The third-order valence-electron chi connectivity index (χ3n) is 3.70. The zero-order valence-electron chi connectivity index (χ0n) is 14.5. The Morgan fingerprint density at radius 2 is 0.964 bits per heavy atom. The first-order valence-electron chi connectivity index (χ1n) is 8.02. The molecule has 6 N–H and O–H groups in total. The van der Waals surface area contributed by atoms with Crippen molar-refractivity contribution in [3.63, 3.8) is 0 Å². The fourth-order valence-corrected chi connectivity index (χ4v) is 4.65. The van der Waals surface area contributed by atoms with Gasteiger partial charge in [-0.05, 0) is 54.6 Å². The standard InChI is InChI=1S/C18H18N4O4S2/c19-13-4-1-8-17(10-13)27(23,24)21-15-6-3-7-16(12-15)22-28(25,26)18-9-2-5-14(20)11-18/h1-12,21-22H,19-20H2. The number of nitrogens with two attached hydrogens (primary N) is 2. The largest absolute Gasteiger partial charge is 0.399 e. The summed E-state index contributed by atoms with van der Waals surface area (Å²) in [7, 11) is -7.76. The van der Waals surface area contributed by atoms with Gasteiger partial charge in [0.2, 0.25) is 0 Å². The summed E-state index contributed by atoms with van der Waals surface area (Å²) < 4.78 is 54.8. The summed E-state index contributed by atoms with van der Waals surface area (Å²) in [5, 5.41) is 0. The molecule has 10 heteroatoms. The van der Waals surface area contributed by atoms with E-state index in [2.05, 4.69) is 9.44 Å². The van der Waals surface area contributed by atoms with Crippen LogP contribution < -0.4 is 20.9 Å². The van der Waals surface area contributed by atoms with E-state index < -0.39 is 20.0 Å². The van der Waals surface area contributed by atoms with Crippen LogP contribution >= 0.6 is 0 Å². The monoisotopic (exact) mass is 418 g/mol. The molecule has 0 atom stereocenters. The number of anilines is 4. The first-order chi connectivity index (χ1) is 13.2. The number of rotatable bonds is 6. The molecule has 3 aromatic carbocycles. The van der Waals surface area contributed by atoms with Crippen molar-refractivity contribution >= 4 is 42.8 Å². The van der Waals surface area contributed by atoms with Gasteiger partial charge in [0, 0.05) is 11.4 Å². The molecule has 0 bridgehead atoms. The molecular weight excluding hydrogens is 400 g/mol. The number of nitrogens with one attached hydrogen (secondary N) is 2. The first-order valence-corrected chi connectivity index (χ1v) is 11.0. The van der Waals surface area contributed by atoms with Crippen molar-refractivity contribution in [3.8, 4) is 0 Å². The van der Waals surface area contributed by atoms with E-state index in [-0.39, 0.29) is 21.2 Å². The van der Waals surface area contributed by atoms with Crippen molar-refractivity contribution in [1.29, 1.82) is 0 Å². The van der Waals surface area contributed by atoms with E-state index >= 15 is 0 Å². The molecule has 146 valence electrons. The third kappa shape index (κ3) is 4.53. The molecule has 28 heavy (non-hydrogen) atoms. The molecule has 0 saturated carbocycles. The maximum atomic E-state index is 12.5. The fraction of sp³-hybridized carbons (Fsp3) is 0. The molecular formula is C18H18N4O4S2. The van der Waals surface area contributed by atoms with Crippen molar-refractivity contribution in [3.05, 3.63) is 72.8 Å². The zero-order chi connectivity index (χ0) is 20.4. The molecule has 0 aromatic heterocycles. The summed E-state index contributed by atoms with van der Waals surface area (Å²) in [5.41, 5.74) is 12.3. The Kier molecular flexibility index (Phi) is 5.16. The van der Waals surface area contributed by atoms with E-state index in [1.807, 2.05) is 0 Å². The third-order valence-corrected chi connectivity index (χ3v) is 6.46. The molecule has 0 spiro atoms. The SMILES string of the molecule is Nc1cccc(S(=O)(=O)Nc2cccc(NS(=O)(=O)c3cccc(N)c3)c2)c1. The van der Waals surface area contributed by atoms with Gasteiger partial charge in [-0.3, -0.25) is 9.44 Å². The number of benzene rings is 3. The molecule has 0 radical (unpaired) electrons. The van der Waals surface area contributed by atoms with Crippen LogP contribution in [0.25, 0.3) is 0 Å². The Morgan fingerprint density at radius 3 is 1.36 bits per heavy atom. The van der Waals surface area contributed by atoms with Crippen LogP contribution in [0.3, 0.4) is 0 Å². The Hall–Kier alpha value is -3.24. The van der Waals surface area contributed by atoms with Gasteiger partial charge < -0.3 is 11.5 Å². The normalized spacial score (nSPS) is 11.7. The molecule has 3 aromatic rings. The van der Waals surface area contributed by atoms with Crippen molar-refractivity contribution in [1.82, 2.24) is 0 Å². The van der Waals surface area contributed by atoms with E-state index in [9.17, 15) is 16.8 Å². The molecule has 0 amide bonds. The van der Waals surface area contributed by atoms with E-state index in [4.69, 9.17) is 11.5 Å². The van der Waals surface area contributed by atoms with Crippen molar-refractivity contribution in [2.24, 2.45) is 0 Å². The second-order valence-corrected chi connectivity index (χ2v) is 9.30. The maximum absolute atomic E-state index is 12.5. The molecule has 0 aliphatic heterocycles. The fourth-order valence-electron chi connectivity index (χ4n) is 2.44. The Morgan fingerprint density at radius 1 is 0.571 bits per heavy atom. The summed E-state index contributed by atoms with van der Waals surface area (Å²) in [6, 6.07) is 17.6.